The second kappa shape index (κ2) is 5.63. The van der Waals surface area contributed by atoms with Crippen LogP contribution >= 0.6 is 11.6 Å². The van der Waals surface area contributed by atoms with Gasteiger partial charge in [0.2, 0.25) is 0 Å². The third-order valence-electron chi connectivity index (χ3n) is 2.39. The lowest BCUT2D eigenvalue weighted by atomic mass is 10.3. The first-order chi connectivity index (χ1) is 9.46. The van der Waals surface area contributed by atoms with Gasteiger partial charge in [-0.2, -0.15) is 4.80 Å². The molecule has 1 N–H and O–H groups in total. The molecule has 0 unspecified atom stereocenters. The summed E-state index contributed by atoms with van der Waals surface area (Å²) in [6.45, 7) is 2.30. The Morgan fingerprint density at radius 2 is 2.20 bits per heavy atom. The van der Waals surface area contributed by atoms with Crippen LogP contribution in [0.3, 0.4) is 0 Å². The summed E-state index contributed by atoms with van der Waals surface area (Å²) < 4.78 is 31.5. The molecule has 1 heterocycles. The van der Waals surface area contributed by atoms with Gasteiger partial charge in [-0.25, -0.2) is 13.1 Å². The number of tetrazole rings is 1. The summed E-state index contributed by atoms with van der Waals surface area (Å²) in [4.78, 5) is 1.26. The molecule has 20 heavy (non-hydrogen) atoms. The Morgan fingerprint density at radius 3 is 2.80 bits per heavy atom. The maximum absolute atomic E-state index is 12.2. The maximum Gasteiger partial charge on any atom is 0.277 e. The van der Waals surface area contributed by atoms with Gasteiger partial charge < -0.3 is 4.74 Å². The van der Waals surface area contributed by atoms with Gasteiger partial charge >= 0.3 is 0 Å². The molecule has 0 atom stereocenters. The van der Waals surface area contributed by atoms with Crippen LogP contribution in [0.1, 0.15) is 6.92 Å². The number of sulfonamides is 1. The molecular formula is C10H12ClN5O3S. The van der Waals surface area contributed by atoms with Crippen LogP contribution in [0, 0.1) is 0 Å². The lowest BCUT2D eigenvalue weighted by Gasteiger charge is -2.07. The van der Waals surface area contributed by atoms with Crippen molar-refractivity contribution in [1.29, 1.82) is 0 Å². The molecule has 0 aliphatic carbocycles. The minimum absolute atomic E-state index is 0.00778. The second-order valence-electron chi connectivity index (χ2n) is 3.70. The number of halogens is 1. The van der Waals surface area contributed by atoms with E-state index >= 15 is 0 Å². The van der Waals surface area contributed by atoms with E-state index in [0.717, 1.165) is 0 Å². The standard InChI is InChI=1S/C10H12ClN5O3S/c1-3-16-13-10(12-15-16)14-20(17,18)7-4-5-8(11)9(6-7)19-2/h4-6H,3H2,1-2H3,(H,13,14). The largest absolute Gasteiger partial charge is 0.495 e. The van der Waals surface area contributed by atoms with Gasteiger partial charge in [0.15, 0.2) is 0 Å². The van der Waals surface area contributed by atoms with E-state index in [9.17, 15) is 8.42 Å². The smallest absolute Gasteiger partial charge is 0.277 e. The van der Waals surface area contributed by atoms with Gasteiger partial charge in [-0.05, 0) is 24.3 Å². The molecule has 8 nitrogen and oxygen atoms in total. The number of benzene rings is 1. The van der Waals surface area contributed by atoms with Crippen molar-refractivity contribution in [2.45, 2.75) is 18.4 Å². The van der Waals surface area contributed by atoms with Crippen LogP contribution in [0.25, 0.3) is 0 Å². The molecule has 2 aromatic rings. The van der Waals surface area contributed by atoms with Gasteiger partial charge in [-0.1, -0.05) is 16.7 Å². The molecule has 0 saturated heterocycles. The molecule has 0 amide bonds. The zero-order chi connectivity index (χ0) is 14.8. The van der Waals surface area contributed by atoms with Gasteiger partial charge in [-0.3, -0.25) is 0 Å². The fraction of sp³-hybridized carbons (Fsp3) is 0.300. The van der Waals surface area contributed by atoms with Crippen molar-refractivity contribution in [3.05, 3.63) is 23.2 Å². The quantitative estimate of drug-likeness (QED) is 0.888. The molecule has 0 aliphatic heterocycles. The summed E-state index contributed by atoms with van der Waals surface area (Å²) in [5, 5.41) is 11.4. The van der Waals surface area contributed by atoms with E-state index in [2.05, 4.69) is 20.1 Å². The first-order valence-corrected chi connectivity index (χ1v) is 7.46. The highest BCUT2D eigenvalue weighted by atomic mass is 35.5. The monoisotopic (exact) mass is 317 g/mol. The predicted molar refractivity (Wildman–Crippen MR) is 72.3 cm³/mol. The fourth-order valence-electron chi connectivity index (χ4n) is 1.40. The van der Waals surface area contributed by atoms with Crippen LogP contribution in [-0.4, -0.2) is 35.7 Å². The lowest BCUT2D eigenvalue weighted by molar-refractivity contribution is 0.413. The first kappa shape index (κ1) is 14.5. The number of rotatable bonds is 5. The molecule has 0 spiro atoms. The number of methoxy groups -OCH3 is 1. The van der Waals surface area contributed by atoms with E-state index in [1.54, 1.807) is 0 Å². The second-order valence-corrected chi connectivity index (χ2v) is 5.79. The van der Waals surface area contributed by atoms with Gasteiger partial charge in [-0.15, -0.1) is 5.10 Å². The molecule has 10 heteroatoms. The Kier molecular flexibility index (Phi) is 4.09. The van der Waals surface area contributed by atoms with Crippen molar-refractivity contribution >= 4 is 27.6 Å². The van der Waals surface area contributed by atoms with E-state index in [4.69, 9.17) is 16.3 Å². The number of ether oxygens (including phenoxy) is 1. The molecule has 2 rings (SSSR count). The van der Waals surface area contributed by atoms with Gasteiger partial charge in [0, 0.05) is 6.07 Å². The number of nitrogens with zero attached hydrogens (tertiary/aromatic N) is 4. The molecule has 0 fully saturated rings. The number of hydrogen-bond donors (Lipinski definition) is 1. The van der Waals surface area contributed by atoms with Crippen molar-refractivity contribution in [2.24, 2.45) is 0 Å². The van der Waals surface area contributed by atoms with Crippen LogP contribution in [0.2, 0.25) is 5.02 Å². The number of aryl methyl sites for hydroxylation is 1. The van der Waals surface area contributed by atoms with Gasteiger partial charge in [0.05, 0.1) is 23.6 Å². The van der Waals surface area contributed by atoms with Crippen molar-refractivity contribution in [3.8, 4) is 5.75 Å². The highest BCUT2D eigenvalue weighted by molar-refractivity contribution is 7.92. The molecule has 0 radical (unpaired) electrons. The summed E-state index contributed by atoms with van der Waals surface area (Å²) in [7, 11) is -2.42. The highest BCUT2D eigenvalue weighted by Crippen LogP contribution is 2.27. The van der Waals surface area contributed by atoms with Crippen LogP contribution < -0.4 is 9.46 Å². The zero-order valence-electron chi connectivity index (χ0n) is 10.7. The number of anilines is 1. The SMILES string of the molecule is CCn1nnc(NS(=O)(=O)c2ccc(Cl)c(OC)c2)n1. The average Bonchev–Trinajstić information content (AvgIpc) is 2.86. The Hall–Kier alpha value is -1.87. The fourth-order valence-corrected chi connectivity index (χ4v) is 2.55. The van der Waals surface area contributed by atoms with Crippen LogP contribution in [-0.2, 0) is 16.6 Å². The zero-order valence-corrected chi connectivity index (χ0v) is 12.3. The minimum atomic E-state index is -3.82. The molecule has 1 aromatic heterocycles. The number of aromatic nitrogens is 4. The molecule has 0 aliphatic rings. The topological polar surface area (TPSA) is 99.0 Å². The molecule has 108 valence electrons. The maximum atomic E-state index is 12.2. The number of hydrogen-bond acceptors (Lipinski definition) is 6. The van der Waals surface area contributed by atoms with Gasteiger partial charge in [0.25, 0.3) is 16.0 Å². The Balaban J connectivity index is 2.30. The van der Waals surface area contributed by atoms with Gasteiger partial charge in [0.1, 0.15) is 5.75 Å². The molecule has 1 aromatic carbocycles. The third-order valence-corrected chi connectivity index (χ3v) is 4.03. The van der Waals surface area contributed by atoms with Crippen LogP contribution in [0.5, 0.6) is 5.75 Å². The third kappa shape index (κ3) is 2.99. The summed E-state index contributed by atoms with van der Waals surface area (Å²) in [5.41, 5.74) is 0. The molecule has 0 bridgehead atoms. The normalized spacial score (nSPS) is 11.3. The summed E-state index contributed by atoms with van der Waals surface area (Å²) >= 11 is 5.85. The van der Waals surface area contributed by atoms with E-state index < -0.39 is 10.0 Å². The average molecular weight is 318 g/mol. The minimum Gasteiger partial charge on any atom is -0.495 e. The van der Waals surface area contributed by atoms with E-state index in [-0.39, 0.29) is 16.6 Å². The Morgan fingerprint density at radius 1 is 1.45 bits per heavy atom. The van der Waals surface area contributed by atoms with E-state index in [0.29, 0.717) is 11.6 Å². The van der Waals surface area contributed by atoms with Crippen molar-refractivity contribution in [2.75, 3.05) is 11.8 Å². The summed E-state index contributed by atoms with van der Waals surface area (Å²) in [6.07, 6.45) is 0. The highest BCUT2D eigenvalue weighted by Gasteiger charge is 2.18. The lowest BCUT2D eigenvalue weighted by Crippen LogP contribution is -2.14. The number of nitrogens with one attached hydrogen (secondary N) is 1. The summed E-state index contributed by atoms with van der Waals surface area (Å²) in [5.74, 6) is 0.167. The summed E-state index contributed by atoms with van der Waals surface area (Å²) in [6, 6.07) is 4.11. The Labute approximate surface area is 120 Å². The van der Waals surface area contributed by atoms with E-state index in [1.807, 2.05) is 6.92 Å². The van der Waals surface area contributed by atoms with Crippen LogP contribution in [0.4, 0.5) is 5.95 Å². The predicted octanol–water partition coefficient (Wildman–Crippen LogP) is 1.16. The first-order valence-electron chi connectivity index (χ1n) is 5.60. The molecular weight excluding hydrogens is 306 g/mol. The van der Waals surface area contributed by atoms with Crippen LogP contribution in [0.15, 0.2) is 23.1 Å². The Bertz CT molecular complexity index is 715. The van der Waals surface area contributed by atoms with Crippen molar-refractivity contribution < 1.29 is 13.2 Å². The van der Waals surface area contributed by atoms with Crippen molar-refractivity contribution in [3.63, 3.8) is 0 Å². The molecule has 0 saturated carbocycles. The van der Waals surface area contributed by atoms with Crippen molar-refractivity contribution in [1.82, 2.24) is 20.2 Å². The van der Waals surface area contributed by atoms with E-state index in [1.165, 1.54) is 30.1 Å².